The van der Waals surface area contributed by atoms with E-state index in [1.807, 2.05) is 0 Å². The number of thiophene rings is 1. The van der Waals surface area contributed by atoms with E-state index in [4.69, 9.17) is 0 Å². The van der Waals surface area contributed by atoms with Gasteiger partial charge in [-0.15, -0.1) is 23.7 Å². The minimum atomic E-state index is -4.49. The van der Waals surface area contributed by atoms with Crippen molar-refractivity contribution < 1.29 is 18.0 Å². The summed E-state index contributed by atoms with van der Waals surface area (Å²) in [5.41, 5.74) is -0.258. The maximum atomic E-state index is 12.8. The predicted molar refractivity (Wildman–Crippen MR) is 94.6 cm³/mol. The van der Waals surface area contributed by atoms with Gasteiger partial charge in [0.25, 0.3) is 5.91 Å². The largest absolute Gasteiger partial charge is 0.433 e. The fourth-order valence-electron chi connectivity index (χ4n) is 2.99. The van der Waals surface area contributed by atoms with Crippen LogP contribution < -0.4 is 10.6 Å². The molecule has 0 aliphatic carbocycles. The lowest BCUT2D eigenvalue weighted by atomic mass is 10.0. The van der Waals surface area contributed by atoms with E-state index in [2.05, 4.69) is 22.5 Å². The summed E-state index contributed by atoms with van der Waals surface area (Å²) in [5, 5.41) is 6.90. The summed E-state index contributed by atoms with van der Waals surface area (Å²) in [6, 6.07) is 2.76. The Labute approximate surface area is 153 Å². The number of hydrogen-bond donors (Lipinski definition) is 2. The standard InChI is InChI=1S/C16H18F3N3OS.ClH/c1-8-7-10(5-6-20-8)21-14(23)13-9(2)11-3-4-12(16(17,18)19)22-15(11)24-13;/h3-4,8,10,20H,5-7H2,1-2H3,(H,21,23);1H. The van der Waals surface area contributed by atoms with Gasteiger partial charge in [0.15, 0.2) is 0 Å². The summed E-state index contributed by atoms with van der Waals surface area (Å²) in [7, 11) is 0. The first kappa shape index (κ1) is 19.9. The Bertz CT molecular complexity index is 778. The first-order chi connectivity index (χ1) is 11.3. The van der Waals surface area contributed by atoms with Gasteiger partial charge < -0.3 is 10.6 Å². The highest BCUT2D eigenvalue weighted by Crippen LogP contribution is 2.34. The topological polar surface area (TPSA) is 54.0 Å². The molecular formula is C16H19ClF3N3OS. The Hall–Kier alpha value is -1.38. The minimum Gasteiger partial charge on any atom is -0.348 e. The van der Waals surface area contributed by atoms with Crippen LogP contribution >= 0.6 is 23.7 Å². The normalized spacial score (nSPS) is 21.0. The summed E-state index contributed by atoms with van der Waals surface area (Å²) in [4.78, 5) is 16.9. The van der Waals surface area contributed by atoms with E-state index in [1.54, 1.807) is 6.92 Å². The number of rotatable bonds is 2. The molecule has 1 aliphatic heterocycles. The van der Waals surface area contributed by atoms with Crippen LogP contribution in [0.4, 0.5) is 13.2 Å². The van der Waals surface area contributed by atoms with Crippen LogP contribution in [-0.2, 0) is 6.18 Å². The monoisotopic (exact) mass is 393 g/mol. The number of hydrogen-bond acceptors (Lipinski definition) is 4. The van der Waals surface area contributed by atoms with Crippen LogP contribution in [0.5, 0.6) is 0 Å². The van der Waals surface area contributed by atoms with Crippen molar-refractivity contribution in [3.8, 4) is 0 Å². The third-order valence-electron chi connectivity index (χ3n) is 4.26. The van der Waals surface area contributed by atoms with Gasteiger partial charge in [0, 0.05) is 17.5 Å². The Kier molecular flexibility index (Phi) is 5.96. The lowest BCUT2D eigenvalue weighted by molar-refractivity contribution is -0.140. The number of amides is 1. The second kappa shape index (κ2) is 7.47. The Morgan fingerprint density at radius 2 is 2.12 bits per heavy atom. The summed E-state index contributed by atoms with van der Waals surface area (Å²) >= 11 is 1.01. The highest BCUT2D eigenvalue weighted by molar-refractivity contribution is 7.20. The Morgan fingerprint density at radius 3 is 2.76 bits per heavy atom. The number of nitrogens with one attached hydrogen (secondary N) is 2. The maximum absolute atomic E-state index is 12.8. The first-order valence-corrected chi connectivity index (χ1v) is 8.59. The summed E-state index contributed by atoms with van der Waals surface area (Å²) in [6.07, 6.45) is -2.80. The third kappa shape index (κ3) is 4.24. The molecule has 2 aromatic heterocycles. The van der Waals surface area contributed by atoms with Gasteiger partial charge in [-0.2, -0.15) is 13.2 Å². The molecule has 2 aromatic rings. The highest BCUT2D eigenvalue weighted by atomic mass is 35.5. The van der Waals surface area contributed by atoms with Gasteiger partial charge in [-0.3, -0.25) is 4.79 Å². The zero-order valence-corrected chi connectivity index (χ0v) is 15.4. The second-order valence-corrected chi connectivity index (χ2v) is 7.15. The molecule has 2 unspecified atom stereocenters. The molecule has 3 rings (SSSR count). The fraction of sp³-hybridized carbons (Fsp3) is 0.500. The number of aryl methyl sites for hydroxylation is 1. The van der Waals surface area contributed by atoms with Gasteiger partial charge in [-0.1, -0.05) is 0 Å². The third-order valence-corrected chi connectivity index (χ3v) is 5.46. The lowest BCUT2D eigenvalue weighted by Gasteiger charge is -2.28. The van der Waals surface area contributed by atoms with Crippen molar-refractivity contribution in [1.29, 1.82) is 0 Å². The SMILES string of the molecule is Cc1c(C(=O)NC2CCNC(C)C2)sc2nc(C(F)(F)F)ccc12.Cl. The molecule has 9 heteroatoms. The zero-order chi connectivity index (χ0) is 17.5. The molecule has 1 saturated heterocycles. The van der Waals surface area contributed by atoms with E-state index in [9.17, 15) is 18.0 Å². The number of pyridine rings is 1. The molecule has 1 aliphatic rings. The smallest absolute Gasteiger partial charge is 0.348 e. The summed E-state index contributed by atoms with van der Waals surface area (Å²) in [5.74, 6) is -0.233. The van der Waals surface area contributed by atoms with Crippen molar-refractivity contribution >= 4 is 39.9 Å². The molecule has 0 bridgehead atoms. The van der Waals surface area contributed by atoms with E-state index in [0.29, 0.717) is 21.9 Å². The van der Waals surface area contributed by atoms with Crippen LogP contribution in [-0.4, -0.2) is 29.5 Å². The number of carbonyl (C=O) groups excluding carboxylic acids is 1. The molecule has 4 nitrogen and oxygen atoms in total. The molecule has 25 heavy (non-hydrogen) atoms. The molecule has 1 amide bonds. The van der Waals surface area contributed by atoms with Crippen LogP contribution in [0.25, 0.3) is 10.2 Å². The molecule has 2 N–H and O–H groups in total. The Morgan fingerprint density at radius 1 is 1.40 bits per heavy atom. The van der Waals surface area contributed by atoms with E-state index in [-0.39, 0.29) is 29.2 Å². The Balaban J connectivity index is 0.00000225. The predicted octanol–water partition coefficient (Wildman–Crippen LogP) is 3.92. The number of carbonyl (C=O) groups is 1. The quantitative estimate of drug-likeness (QED) is 0.813. The van der Waals surface area contributed by atoms with Gasteiger partial charge in [0.05, 0.1) is 4.88 Å². The number of halogens is 4. The first-order valence-electron chi connectivity index (χ1n) is 7.77. The molecule has 2 atom stereocenters. The average Bonchev–Trinajstić information content (AvgIpc) is 2.83. The van der Waals surface area contributed by atoms with Crippen molar-refractivity contribution in [2.24, 2.45) is 0 Å². The molecule has 0 saturated carbocycles. The van der Waals surface area contributed by atoms with Gasteiger partial charge in [0.1, 0.15) is 10.5 Å². The molecule has 138 valence electrons. The van der Waals surface area contributed by atoms with Crippen LogP contribution in [0.1, 0.15) is 40.7 Å². The van der Waals surface area contributed by atoms with Gasteiger partial charge in [-0.25, -0.2) is 4.98 Å². The van der Waals surface area contributed by atoms with E-state index in [0.717, 1.165) is 36.8 Å². The van der Waals surface area contributed by atoms with Crippen LogP contribution in [0.15, 0.2) is 12.1 Å². The van der Waals surface area contributed by atoms with E-state index in [1.165, 1.54) is 6.07 Å². The van der Waals surface area contributed by atoms with Crippen LogP contribution in [0.2, 0.25) is 0 Å². The number of nitrogens with zero attached hydrogens (tertiary/aromatic N) is 1. The van der Waals surface area contributed by atoms with Gasteiger partial charge in [0.2, 0.25) is 0 Å². The fourth-order valence-corrected chi connectivity index (χ4v) is 4.07. The molecule has 0 radical (unpaired) electrons. The number of aromatic nitrogens is 1. The number of alkyl halides is 3. The lowest BCUT2D eigenvalue weighted by Crippen LogP contribution is -2.46. The second-order valence-electron chi connectivity index (χ2n) is 6.15. The summed E-state index contributed by atoms with van der Waals surface area (Å²) < 4.78 is 38.4. The number of fused-ring (bicyclic) bond motifs is 1. The average molecular weight is 394 g/mol. The van der Waals surface area contributed by atoms with Gasteiger partial charge >= 0.3 is 6.18 Å². The molecule has 1 fully saturated rings. The van der Waals surface area contributed by atoms with Gasteiger partial charge in [-0.05, 0) is 50.9 Å². The maximum Gasteiger partial charge on any atom is 0.433 e. The zero-order valence-electron chi connectivity index (χ0n) is 13.7. The van der Waals surface area contributed by atoms with Crippen molar-refractivity contribution in [3.05, 3.63) is 28.3 Å². The molecule has 3 heterocycles. The number of piperidine rings is 1. The van der Waals surface area contributed by atoms with Crippen molar-refractivity contribution in [3.63, 3.8) is 0 Å². The van der Waals surface area contributed by atoms with Crippen molar-refractivity contribution in [2.45, 2.75) is 44.9 Å². The van der Waals surface area contributed by atoms with E-state index < -0.39 is 11.9 Å². The van der Waals surface area contributed by atoms with Crippen molar-refractivity contribution in [1.82, 2.24) is 15.6 Å². The van der Waals surface area contributed by atoms with Crippen LogP contribution in [0, 0.1) is 6.92 Å². The van der Waals surface area contributed by atoms with E-state index >= 15 is 0 Å². The molecule has 0 spiro atoms. The minimum absolute atomic E-state index is 0. The molecular weight excluding hydrogens is 375 g/mol. The van der Waals surface area contributed by atoms with Crippen LogP contribution in [0.3, 0.4) is 0 Å². The summed E-state index contributed by atoms with van der Waals surface area (Å²) in [6.45, 7) is 4.65. The molecule has 0 aromatic carbocycles. The highest BCUT2D eigenvalue weighted by Gasteiger charge is 2.33. The van der Waals surface area contributed by atoms with Crippen molar-refractivity contribution in [2.75, 3.05) is 6.54 Å².